The number of ether oxygens (including phenoxy) is 1. The van der Waals surface area contributed by atoms with Crippen LogP contribution in [0.5, 0.6) is 0 Å². The molecule has 0 heterocycles. The Bertz CT molecular complexity index is 213. The monoisotopic (exact) mass is 270 g/mol. The highest BCUT2D eigenvalue weighted by Gasteiger charge is 2.11. The third kappa shape index (κ3) is 11.0. The molecule has 0 N–H and O–H groups in total. The van der Waals surface area contributed by atoms with Gasteiger partial charge in [0.25, 0.3) is 0 Å². The van der Waals surface area contributed by atoms with Crippen molar-refractivity contribution in [1.82, 2.24) is 0 Å². The highest BCUT2D eigenvalue weighted by molar-refractivity contribution is 5.71. The van der Waals surface area contributed by atoms with E-state index in [-0.39, 0.29) is 11.9 Å². The SMILES string of the molecule is CCC(C)CCCCCCCCCC(C)C(=O)OC. The zero-order chi connectivity index (χ0) is 14.5. The lowest BCUT2D eigenvalue weighted by molar-refractivity contribution is -0.145. The van der Waals surface area contributed by atoms with Gasteiger partial charge in [-0.05, 0) is 12.3 Å². The molecule has 2 heteroatoms. The summed E-state index contributed by atoms with van der Waals surface area (Å²) >= 11 is 0. The van der Waals surface area contributed by atoms with Crippen molar-refractivity contribution in [2.45, 2.75) is 85.0 Å². The van der Waals surface area contributed by atoms with E-state index in [9.17, 15) is 4.79 Å². The molecule has 0 spiro atoms. The Morgan fingerprint density at radius 2 is 1.37 bits per heavy atom. The Labute approximate surface area is 120 Å². The van der Waals surface area contributed by atoms with E-state index in [1.807, 2.05) is 6.92 Å². The van der Waals surface area contributed by atoms with Gasteiger partial charge in [0.15, 0.2) is 0 Å². The number of rotatable bonds is 12. The van der Waals surface area contributed by atoms with Gasteiger partial charge < -0.3 is 4.74 Å². The summed E-state index contributed by atoms with van der Waals surface area (Å²) < 4.78 is 4.72. The van der Waals surface area contributed by atoms with Gasteiger partial charge in [-0.1, -0.05) is 78.6 Å². The van der Waals surface area contributed by atoms with E-state index in [1.165, 1.54) is 58.5 Å². The van der Waals surface area contributed by atoms with Crippen molar-refractivity contribution >= 4 is 5.97 Å². The number of hydrogen-bond acceptors (Lipinski definition) is 2. The first kappa shape index (κ1) is 18.5. The average Bonchev–Trinajstić information content (AvgIpc) is 2.43. The van der Waals surface area contributed by atoms with Gasteiger partial charge in [0, 0.05) is 0 Å². The highest BCUT2D eigenvalue weighted by atomic mass is 16.5. The van der Waals surface area contributed by atoms with E-state index in [0.717, 1.165) is 18.8 Å². The fraction of sp³-hybridized carbons (Fsp3) is 0.941. The largest absolute Gasteiger partial charge is 0.469 e. The minimum Gasteiger partial charge on any atom is -0.469 e. The van der Waals surface area contributed by atoms with Crippen molar-refractivity contribution in [3.05, 3.63) is 0 Å². The molecule has 2 atom stereocenters. The summed E-state index contributed by atoms with van der Waals surface area (Å²) in [5.74, 6) is 0.908. The Morgan fingerprint density at radius 1 is 0.895 bits per heavy atom. The summed E-state index contributed by atoms with van der Waals surface area (Å²) in [4.78, 5) is 11.2. The summed E-state index contributed by atoms with van der Waals surface area (Å²) in [7, 11) is 1.47. The van der Waals surface area contributed by atoms with E-state index < -0.39 is 0 Å². The number of hydrogen-bond donors (Lipinski definition) is 0. The number of esters is 1. The van der Waals surface area contributed by atoms with Gasteiger partial charge in [0.2, 0.25) is 0 Å². The van der Waals surface area contributed by atoms with Crippen molar-refractivity contribution in [2.24, 2.45) is 11.8 Å². The Morgan fingerprint density at radius 3 is 1.84 bits per heavy atom. The molecule has 2 nitrogen and oxygen atoms in total. The van der Waals surface area contributed by atoms with E-state index in [0.29, 0.717) is 0 Å². The molecule has 0 aliphatic carbocycles. The number of carbonyl (C=O) groups is 1. The first-order chi connectivity index (χ1) is 9.11. The molecule has 0 aliphatic heterocycles. The second kappa shape index (κ2) is 12.5. The summed E-state index contributed by atoms with van der Waals surface area (Å²) in [6.45, 7) is 6.59. The summed E-state index contributed by atoms with van der Waals surface area (Å²) in [5.41, 5.74) is 0. The van der Waals surface area contributed by atoms with E-state index in [1.54, 1.807) is 0 Å². The second-order valence-electron chi connectivity index (χ2n) is 5.99. The molecule has 114 valence electrons. The Hall–Kier alpha value is -0.530. The zero-order valence-electron chi connectivity index (χ0n) is 13.5. The molecule has 0 amide bonds. The third-order valence-electron chi connectivity index (χ3n) is 4.13. The standard InChI is InChI=1S/C17H34O2/c1-5-15(2)13-11-9-7-6-8-10-12-14-16(3)17(18)19-4/h15-16H,5-14H2,1-4H3. The molecule has 0 aromatic carbocycles. The van der Waals surface area contributed by atoms with Crippen LogP contribution in [0.4, 0.5) is 0 Å². The van der Waals surface area contributed by atoms with Crippen LogP contribution in [0.2, 0.25) is 0 Å². The maximum absolute atomic E-state index is 11.2. The molecule has 0 aromatic rings. The molecule has 0 saturated carbocycles. The first-order valence-corrected chi connectivity index (χ1v) is 8.19. The van der Waals surface area contributed by atoms with Crippen molar-refractivity contribution in [3.8, 4) is 0 Å². The van der Waals surface area contributed by atoms with Crippen LogP contribution in [0, 0.1) is 11.8 Å². The normalized spacial score (nSPS) is 14.1. The predicted octanol–water partition coefficient (Wildman–Crippen LogP) is 5.35. The Balaban J connectivity index is 3.21. The van der Waals surface area contributed by atoms with Crippen molar-refractivity contribution in [1.29, 1.82) is 0 Å². The molecule has 0 radical (unpaired) electrons. The quantitative estimate of drug-likeness (QED) is 0.353. The molecule has 0 fully saturated rings. The van der Waals surface area contributed by atoms with Crippen LogP contribution in [0.3, 0.4) is 0 Å². The number of methoxy groups -OCH3 is 1. The van der Waals surface area contributed by atoms with Gasteiger partial charge in [-0.2, -0.15) is 0 Å². The van der Waals surface area contributed by atoms with Crippen LogP contribution in [0.25, 0.3) is 0 Å². The van der Waals surface area contributed by atoms with Gasteiger partial charge in [-0.15, -0.1) is 0 Å². The maximum atomic E-state index is 11.2. The summed E-state index contributed by atoms with van der Waals surface area (Å²) in [6.07, 6.45) is 12.9. The fourth-order valence-electron chi connectivity index (χ4n) is 2.35. The van der Waals surface area contributed by atoms with Gasteiger partial charge >= 0.3 is 5.97 Å². The summed E-state index contributed by atoms with van der Waals surface area (Å²) in [5, 5.41) is 0. The van der Waals surface area contributed by atoms with Gasteiger partial charge in [0.1, 0.15) is 0 Å². The van der Waals surface area contributed by atoms with E-state index in [4.69, 9.17) is 4.74 Å². The number of unbranched alkanes of at least 4 members (excludes halogenated alkanes) is 6. The van der Waals surface area contributed by atoms with Crippen LogP contribution in [-0.2, 0) is 9.53 Å². The van der Waals surface area contributed by atoms with Crippen molar-refractivity contribution in [3.63, 3.8) is 0 Å². The smallest absolute Gasteiger partial charge is 0.308 e. The second-order valence-corrected chi connectivity index (χ2v) is 5.99. The maximum Gasteiger partial charge on any atom is 0.308 e. The van der Waals surface area contributed by atoms with Crippen molar-refractivity contribution in [2.75, 3.05) is 7.11 Å². The minimum absolute atomic E-state index is 0.0648. The molecule has 2 unspecified atom stereocenters. The van der Waals surface area contributed by atoms with E-state index in [2.05, 4.69) is 13.8 Å². The molecular weight excluding hydrogens is 236 g/mol. The predicted molar refractivity (Wildman–Crippen MR) is 82.2 cm³/mol. The summed E-state index contributed by atoms with van der Waals surface area (Å²) in [6, 6.07) is 0. The molecule has 0 aromatic heterocycles. The van der Waals surface area contributed by atoms with Crippen LogP contribution >= 0.6 is 0 Å². The van der Waals surface area contributed by atoms with Crippen LogP contribution in [0.1, 0.15) is 85.0 Å². The van der Waals surface area contributed by atoms with Crippen LogP contribution in [0.15, 0.2) is 0 Å². The molecule has 0 saturated heterocycles. The lowest BCUT2D eigenvalue weighted by Crippen LogP contribution is -2.12. The molecular formula is C17H34O2. The average molecular weight is 270 g/mol. The van der Waals surface area contributed by atoms with E-state index >= 15 is 0 Å². The molecule has 0 rings (SSSR count). The third-order valence-corrected chi connectivity index (χ3v) is 4.13. The Kier molecular flexibility index (Phi) is 12.2. The topological polar surface area (TPSA) is 26.3 Å². The van der Waals surface area contributed by atoms with Gasteiger partial charge in [-0.25, -0.2) is 0 Å². The lowest BCUT2D eigenvalue weighted by atomic mass is 9.99. The molecule has 0 bridgehead atoms. The van der Waals surface area contributed by atoms with Crippen molar-refractivity contribution < 1.29 is 9.53 Å². The number of carbonyl (C=O) groups excluding carboxylic acids is 1. The fourth-order valence-corrected chi connectivity index (χ4v) is 2.35. The molecule has 19 heavy (non-hydrogen) atoms. The van der Waals surface area contributed by atoms with Gasteiger partial charge in [-0.3, -0.25) is 4.79 Å². The molecule has 0 aliphatic rings. The van der Waals surface area contributed by atoms with Crippen LogP contribution < -0.4 is 0 Å². The highest BCUT2D eigenvalue weighted by Crippen LogP contribution is 2.16. The van der Waals surface area contributed by atoms with Gasteiger partial charge in [0.05, 0.1) is 13.0 Å². The first-order valence-electron chi connectivity index (χ1n) is 8.19. The van der Waals surface area contributed by atoms with Crippen LogP contribution in [-0.4, -0.2) is 13.1 Å². The zero-order valence-corrected chi connectivity index (χ0v) is 13.5. The lowest BCUT2D eigenvalue weighted by Gasteiger charge is -2.09. The minimum atomic E-state index is -0.0648.